The molecule has 0 spiro atoms. The Morgan fingerprint density at radius 3 is 2.58 bits per heavy atom. The number of H-pyrrole nitrogens is 1. The number of amides is 1. The summed E-state index contributed by atoms with van der Waals surface area (Å²) in [6.07, 6.45) is 1.71. The molecule has 0 saturated carbocycles. The first kappa shape index (κ1) is 21.5. The van der Waals surface area contributed by atoms with Crippen LogP contribution in [-0.2, 0) is 11.1 Å². The second-order valence-corrected chi connectivity index (χ2v) is 9.72. The second kappa shape index (κ2) is 9.19. The van der Waals surface area contributed by atoms with E-state index in [0.29, 0.717) is 17.3 Å². The number of hydrogen-bond acceptors (Lipinski definition) is 3. The van der Waals surface area contributed by atoms with E-state index in [1.807, 2.05) is 36.4 Å². The normalized spacial score (nSPS) is 12.1. The number of aryl methyl sites for hydroxylation is 2. The molecule has 0 radical (unpaired) electrons. The zero-order valence-corrected chi connectivity index (χ0v) is 19.2. The van der Waals surface area contributed by atoms with E-state index in [2.05, 4.69) is 47.3 Å². The first-order chi connectivity index (χ1) is 15.0. The zero-order valence-electron chi connectivity index (χ0n) is 17.6. The van der Waals surface area contributed by atoms with Crippen LogP contribution in [0.15, 0.2) is 60.8 Å². The van der Waals surface area contributed by atoms with Gasteiger partial charge in [-0.05, 0) is 56.3 Å². The number of hydrogen-bond donors (Lipinski definition) is 2. The Labute approximate surface area is 187 Å². The van der Waals surface area contributed by atoms with Crippen molar-refractivity contribution in [2.75, 3.05) is 7.11 Å². The molecular formula is C24H23ClN3O2P. The largest absolute Gasteiger partial charge is 0.353 e. The molecule has 4 aromatic rings. The molecule has 1 amide bonds. The van der Waals surface area contributed by atoms with Crippen LogP contribution < -0.4 is 15.9 Å². The topological polar surface area (TPSA) is 67.0 Å². The molecule has 158 valence electrons. The van der Waals surface area contributed by atoms with Crippen molar-refractivity contribution in [3.05, 3.63) is 88.3 Å². The Balaban J connectivity index is 1.80. The predicted molar refractivity (Wildman–Crippen MR) is 128 cm³/mol. The molecule has 1 unspecified atom stereocenters. The highest BCUT2D eigenvalue weighted by Crippen LogP contribution is 2.39. The molecule has 0 saturated heterocycles. The summed E-state index contributed by atoms with van der Waals surface area (Å²) in [5.41, 5.74) is 4.42. The molecule has 0 aliphatic rings. The number of carbonyl (C=O) groups excluding carboxylic acids is 1. The third-order valence-electron chi connectivity index (χ3n) is 4.94. The highest BCUT2D eigenvalue weighted by molar-refractivity contribution is 7.69. The van der Waals surface area contributed by atoms with Crippen LogP contribution in [0.2, 0.25) is 5.02 Å². The maximum absolute atomic E-state index is 13.2. The predicted octanol–water partition coefficient (Wildman–Crippen LogP) is 4.76. The third kappa shape index (κ3) is 4.64. The standard InChI is InChI=1S/C24H23ClN3O2P/c1-15-10-16(2)12-19(11-15)31(30-3)23-20-13-17(25)7-8-21(20)28-22(23)24(29)27-14-18-6-4-5-9-26-18/h4-13,28H,14H2,1-3H3,(H,27,29). The Hall–Kier alpha value is -2.72. The Morgan fingerprint density at radius 2 is 1.90 bits per heavy atom. The number of aromatic nitrogens is 2. The van der Waals surface area contributed by atoms with Crippen molar-refractivity contribution < 1.29 is 9.32 Å². The fraction of sp³-hybridized carbons (Fsp3) is 0.167. The summed E-state index contributed by atoms with van der Waals surface area (Å²) in [6.45, 7) is 4.46. The fourth-order valence-electron chi connectivity index (χ4n) is 3.68. The molecule has 5 nitrogen and oxygen atoms in total. The number of rotatable bonds is 6. The van der Waals surface area contributed by atoms with Crippen molar-refractivity contribution in [3.63, 3.8) is 0 Å². The number of nitrogens with one attached hydrogen (secondary N) is 2. The molecule has 31 heavy (non-hydrogen) atoms. The van der Waals surface area contributed by atoms with Gasteiger partial charge >= 0.3 is 0 Å². The molecule has 4 rings (SSSR count). The molecule has 0 bridgehead atoms. The number of nitrogens with zero attached hydrogens (tertiary/aromatic N) is 1. The van der Waals surface area contributed by atoms with Crippen LogP contribution in [0.5, 0.6) is 0 Å². The lowest BCUT2D eigenvalue weighted by molar-refractivity contribution is 0.0947. The van der Waals surface area contributed by atoms with Gasteiger partial charge in [0.1, 0.15) is 5.69 Å². The highest BCUT2D eigenvalue weighted by Gasteiger charge is 2.27. The van der Waals surface area contributed by atoms with E-state index in [0.717, 1.165) is 38.3 Å². The van der Waals surface area contributed by atoms with Gasteiger partial charge in [-0.2, -0.15) is 0 Å². The van der Waals surface area contributed by atoms with Crippen LogP contribution in [0.1, 0.15) is 27.3 Å². The van der Waals surface area contributed by atoms with Crippen molar-refractivity contribution in [2.45, 2.75) is 20.4 Å². The van der Waals surface area contributed by atoms with E-state index >= 15 is 0 Å². The lowest BCUT2D eigenvalue weighted by atomic mass is 10.2. The van der Waals surface area contributed by atoms with Gasteiger partial charge < -0.3 is 14.8 Å². The van der Waals surface area contributed by atoms with Gasteiger partial charge in [-0.15, -0.1) is 0 Å². The maximum atomic E-state index is 13.2. The summed E-state index contributed by atoms with van der Waals surface area (Å²) in [6, 6.07) is 17.6. The quantitative estimate of drug-likeness (QED) is 0.415. The van der Waals surface area contributed by atoms with E-state index in [1.54, 1.807) is 13.3 Å². The van der Waals surface area contributed by atoms with Crippen LogP contribution in [0, 0.1) is 13.8 Å². The third-order valence-corrected chi connectivity index (χ3v) is 7.14. The lowest BCUT2D eigenvalue weighted by Gasteiger charge is -2.18. The molecule has 2 aromatic carbocycles. The number of aromatic amines is 1. The summed E-state index contributed by atoms with van der Waals surface area (Å²) in [7, 11) is 0.442. The molecule has 1 atom stereocenters. The average molecular weight is 452 g/mol. The van der Waals surface area contributed by atoms with Crippen LogP contribution in [-0.4, -0.2) is 23.0 Å². The van der Waals surface area contributed by atoms with E-state index < -0.39 is 8.15 Å². The minimum absolute atomic E-state index is 0.207. The molecule has 0 aliphatic heterocycles. The Morgan fingerprint density at radius 1 is 1.13 bits per heavy atom. The Bertz CT molecular complexity index is 1220. The summed E-state index contributed by atoms with van der Waals surface area (Å²) < 4.78 is 6.00. The van der Waals surface area contributed by atoms with Gasteiger partial charge in [0.05, 0.1) is 20.4 Å². The number of fused-ring (bicyclic) bond motifs is 1. The van der Waals surface area contributed by atoms with Crippen LogP contribution in [0.4, 0.5) is 0 Å². The van der Waals surface area contributed by atoms with Crippen molar-refractivity contribution in [2.24, 2.45) is 0 Å². The average Bonchev–Trinajstić information content (AvgIpc) is 3.11. The van der Waals surface area contributed by atoms with Crippen LogP contribution >= 0.6 is 19.7 Å². The summed E-state index contributed by atoms with van der Waals surface area (Å²) in [5.74, 6) is -0.207. The number of halogens is 1. The van der Waals surface area contributed by atoms with Gasteiger partial charge in [-0.1, -0.05) is 34.9 Å². The number of pyridine rings is 1. The van der Waals surface area contributed by atoms with Crippen LogP contribution in [0.3, 0.4) is 0 Å². The van der Waals surface area contributed by atoms with Crippen molar-refractivity contribution in [3.8, 4) is 0 Å². The van der Waals surface area contributed by atoms with E-state index in [1.165, 1.54) is 0 Å². The minimum Gasteiger partial charge on any atom is -0.353 e. The van der Waals surface area contributed by atoms with E-state index in [9.17, 15) is 4.79 Å². The van der Waals surface area contributed by atoms with E-state index in [4.69, 9.17) is 16.1 Å². The van der Waals surface area contributed by atoms with Crippen molar-refractivity contribution in [1.29, 1.82) is 0 Å². The fourth-order valence-corrected chi connectivity index (χ4v) is 5.91. The van der Waals surface area contributed by atoms with Crippen molar-refractivity contribution in [1.82, 2.24) is 15.3 Å². The van der Waals surface area contributed by atoms with Gasteiger partial charge in [0, 0.05) is 39.8 Å². The van der Waals surface area contributed by atoms with Gasteiger partial charge in [-0.3, -0.25) is 9.78 Å². The van der Waals surface area contributed by atoms with E-state index in [-0.39, 0.29) is 5.91 Å². The molecule has 0 aliphatic carbocycles. The molecule has 7 heteroatoms. The smallest absolute Gasteiger partial charge is 0.268 e. The second-order valence-electron chi connectivity index (χ2n) is 7.37. The van der Waals surface area contributed by atoms with Gasteiger partial charge in [-0.25, -0.2) is 0 Å². The number of carbonyl (C=O) groups is 1. The van der Waals surface area contributed by atoms with Crippen molar-refractivity contribution >= 4 is 47.2 Å². The summed E-state index contributed by atoms with van der Waals surface area (Å²) >= 11 is 6.31. The van der Waals surface area contributed by atoms with Crippen LogP contribution in [0.25, 0.3) is 10.9 Å². The highest BCUT2D eigenvalue weighted by atomic mass is 35.5. The Kier molecular flexibility index (Phi) is 6.38. The first-order valence-electron chi connectivity index (χ1n) is 9.88. The maximum Gasteiger partial charge on any atom is 0.268 e. The summed E-state index contributed by atoms with van der Waals surface area (Å²) in [5, 5.41) is 6.36. The minimum atomic E-state index is -1.24. The van der Waals surface area contributed by atoms with Gasteiger partial charge in [0.15, 0.2) is 0 Å². The molecule has 0 fully saturated rings. The SMILES string of the molecule is COP(c1cc(C)cc(C)c1)c1c(C(=O)NCc2ccccn2)[nH]c2ccc(Cl)cc12. The molecular weight excluding hydrogens is 429 g/mol. The monoisotopic (exact) mass is 451 g/mol. The molecule has 2 N–H and O–H groups in total. The zero-order chi connectivity index (χ0) is 22.0. The molecule has 2 heterocycles. The van der Waals surface area contributed by atoms with Gasteiger partial charge in [0.25, 0.3) is 5.91 Å². The first-order valence-corrected chi connectivity index (χ1v) is 11.5. The molecule has 2 aromatic heterocycles. The summed E-state index contributed by atoms with van der Waals surface area (Å²) in [4.78, 5) is 20.8. The van der Waals surface area contributed by atoms with Gasteiger partial charge in [0.2, 0.25) is 0 Å². The number of benzene rings is 2. The lowest BCUT2D eigenvalue weighted by Crippen LogP contribution is -2.29.